The van der Waals surface area contributed by atoms with Gasteiger partial charge in [0.15, 0.2) is 17.9 Å². The van der Waals surface area contributed by atoms with Gasteiger partial charge in [-0.15, -0.1) is 0 Å². The van der Waals surface area contributed by atoms with E-state index in [0.29, 0.717) is 6.29 Å². The maximum Gasteiger partial charge on any atom is 0.290 e. The number of methoxy groups -OCH3 is 1. The van der Waals surface area contributed by atoms with E-state index in [1.54, 1.807) is 26.3 Å². The van der Waals surface area contributed by atoms with Gasteiger partial charge in [-0.05, 0) is 124 Å². The largest absolute Gasteiger partial charge is 0.493 e. The molecule has 0 fully saturated rings. The average Bonchev–Trinajstić information content (AvgIpc) is 3.32. The quantitative estimate of drug-likeness (QED) is 0.314. The molecule has 0 aliphatic carbocycles. The molecule has 3 aromatic carbocycles. The lowest BCUT2D eigenvalue weighted by molar-refractivity contribution is -0.122. The van der Waals surface area contributed by atoms with E-state index in [2.05, 4.69) is 55.7 Å². The van der Waals surface area contributed by atoms with Gasteiger partial charge in [-0.2, -0.15) is 0 Å². The molecule has 43 heavy (non-hydrogen) atoms. The number of rotatable bonds is 4. The Labute approximate surface area is 255 Å². The SMILES string of the molecule is CC(C)(C)O.CCc1c(C)cc2c(c1-c1ccc3c(c1C)CCCO3)CCN2C.COc1c(F)cccc1C=O.O=CO. The van der Waals surface area contributed by atoms with Crippen molar-refractivity contribution in [1.82, 2.24) is 0 Å². The third-order valence-electron chi connectivity index (χ3n) is 7.19. The van der Waals surface area contributed by atoms with E-state index in [1.165, 1.54) is 64.4 Å². The smallest absolute Gasteiger partial charge is 0.290 e. The minimum absolute atomic E-state index is 0.00231. The number of benzene rings is 3. The summed E-state index contributed by atoms with van der Waals surface area (Å²) in [6.45, 7) is 13.8. The molecule has 2 aliphatic rings. The summed E-state index contributed by atoms with van der Waals surface area (Å²) in [5.74, 6) is 0.585. The molecule has 3 aromatic rings. The molecule has 0 saturated heterocycles. The monoisotopic (exact) mass is 595 g/mol. The van der Waals surface area contributed by atoms with Crippen LogP contribution in [0.5, 0.6) is 11.5 Å². The number of nitrogens with zero attached hydrogens (tertiary/aromatic N) is 1. The minimum Gasteiger partial charge on any atom is -0.493 e. The zero-order chi connectivity index (χ0) is 32.3. The molecule has 0 bridgehead atoms. The van der Waals surface area contributed by atoms with Gasteiger partial charge in [0, 0.05) is 19.3 Å². The van der Waals surface area contributed by atoms with Gasteiger partial charge >= 0.3 is 0 Å². The number of aryl methyl sites for hydroxylation is 1. The number of carboxylic acid groups (broad SMARTS) is 1. The van der Waals surface area contributed by atoms with Gasteiger partial charge in [0.25, 0.3) is 6.47 Å². The molecule has 2 N–H and O–H groups in total. The highest BCUT2D eigenvalue weighted by Gasteiger charge is 2.26. The number of carbonyl (C=O) groups is 2. The van der Waals surface area contributed by atoms with E-state index in [-0.39, 0.29) is 17.8 Å². The second-order valence-electron chi connectivity index (χ2n) is 11.5. The molecule has 5 rings (SSSR count). The molecule has 0 aromatic heterocycles. The van der Waals surface area contributed by atoms with Crippen LogP contribution >= 0.6 is 0 Å². The van der Waals surface area contributed by atoms with Crippen molar-refractivity contribution >= 4 is 18.4 Å². The van der Waals surface area contributed by atoms with Gasteiger partial charge in [-0.1, -0.05) is 19.1 Å². The lowest BCUT2D eigenvalue weighted by Crippen LogP contribution is -2.12. The van der Waals surface area contributed by atoms with Crippen LogP contribution in [0, 0.1) is 19.7 Å². The van der Waals surface area contributed by atoms with E-state index in [1.807, 2.05) is 0 Å². The second-order valence-corrected chi connectivity index (χ2v) is 11.5. The van der Waals surface area contributed by atoms with Crippen molar-refractivity contribution in [2.24, 2.45) is 0 Å². The summed E-state index contributed by atoms with van der Waals surface area (Å²) >= 11 is 0. The Bertz CT molecular complexity index is 1390. The summed E-state index contributed by atoms with van der Waals surface area (Å²) in [7, 11) is 3.54. The number of fused-ring (bicyclic) bond motifs is 2. The van der Waals surface area contributed by atoms with Gasteiger partial charge in [-0.3, -0.25) is 9.59 Å². The van der Waals surface area contributed by atoms with Crippen molar-refractivity contribution in [2.45, 2.75) is 72.8 Å². The highest BCUT2D eigenvalue weighted by molar-refractivity contribution is 5.83. The minimum atomic E-state index is -0.517. The highest BCUT2D eigenvalue weighted by Crippen LogP contribution is 2.43. The Balaban J connectivity index is 0.000000282. The number of anilines is 1. The Morgan fingerprint density at radius 1 is 1.09 bits per heavy atom. The van der Waals surface area contributed by atoms with Crippen molar-refractivity contribution in [3.05, 3.63) is 75.6 Å². The van der Waals surface area contributed by atoms with Crippen LogP contribution in [0.2, 0.25) is 0 Å². The molecular formula is C35H46FNO6. The summed E-state index contributed by atoms with van der Waals surface area (Å²) in [6, 6.07) is 11.1. The van der Waals surface area contributed by atoms with Crippen LogP contribution in [0.3, 0.4) is 0 Å². The van der Waals surface area contributed by atoms with Crippen LogP contribution in [0.4, 0.5) is 10.1 Å². The summed E-state index contributed by atoms with van der Waals surface area (Å²) in [5.41, 5.74) is 11.4. The lowest BCUT2D eigenvalue weighted by Gasteiger charge is -2.24. The second kappa shape index (κ2) is 16.1. The van der Waals surface area contributed by atoms with Crippen molar-refractivity contribution in [3.63, 3.8) is 0 Å². The summed E-state index contributed by atoms with van der Waals surface area (Å²) in [4.78, 5) is 21.1. The molecule has 0 spiro atoms. The fourth-order valence-corrected chi connectivity index (χ4v) is 5.37. The fourth-order valence-electron chi connectivity index (χ4n) is 5.37. The summed E-state index contributed by atoms with van der Waals surface area (Å²) < 4.78 is 23.3. The van der Waals surface area contributed by atoms with Crippen LogP contribution in [-0.2, 0) is 24.1 Å². The van der Waals surface area contributed by atoms with Crippen LogP contribution in [0.25, 0.3) is 11.1 Å². The number of aliphatic hydroxyl groups is 1. The third kappa shape index (κ3) is 9.29. The van der Waals surface area contributed by atoms with Gasteiger partial charge in [0.05, 0.1) is 24.9 Å². The molecule has 8 heteroatoms. The number of ether oxygens (including phenoxy) is 2. The Morgan fingerprint density at radius 2 is 1.74 bits per heavy atom. The summed E-state index contributed by atoms with van der Waals surface area (Å²) in [5, 5.41) is 15.4. The zero-order valence-corrected chi connectivity index (χ0v) is 26.7. The van der Waals surface area contributed by atoms with Gasteiger partial charge in [0.1, 0.15) is 5.75 Å². The highest BCUT2D eigenvalue weighted by atomic mass is 19.1. The molecule has 2 aliphatic heterocycles. The number of para-hydroxylation sites is 1. The van der Waals surface area contributed by atoms with Crippen LogP contribution in [0.1, 0.15) is 72.3 Å². The van der Waals surface area contributed by atoms with E-state index >= 15 is 0 Å². The van der Waals surface area contributed by atoms with Crippen molar-refractivity contribution < 1.29 is 33.7 Å². The molecule has 234 valence electrons. The molecule has 0 atom stereocenters. The Kier molecular flexibility index (Phi) is 13.2. The van der Waals surface area contributed by atoms with Crippen LogP contribution in [-0.4, -0.2) is 55.9 Å². The van der Waals surface area contributed by atoms with Crippen LogP contribution < -0.4 is 14.4 Å². The fraction of sp³-hybridized carbons (Fsp3) is 0.429. The first-order valence-electron chi connectivity index (χ1n) is 14.5. The number of aldehydes is 1. The van der Waals surface area contributed by atoms with E-state index in [4.69, 9.17) is 19.7 Å². The molecule has 2 heterocycles. The average molecular weight is 596 g/mol. The lowest BCUT2D eigenvalue weighted by atomic mass is 9.84. The predicted molar refractivity (Wildman–Crippen MR) is 171 cm³/mol. The predicted octanol–water partition coefficient (Wildman–Crippen LogP) is 6.97. The molecule has 0 unspecified atom stereocenters. The number of carbonyl (C=O) groups excluding carboxylic acids is 1. The first-order valence-corrected chi connectivity index (χ1v) is 14.5. The first kappa shape index (κ1) is 35.3. The van der Waals surface area contributed by atoms with Crippen LogP contribution in [0.15, 0.2) is 36.4 Å². The first-order chi connectivity index (χ1) is 20.3. The Hall–Kier alpha value is -3.91. The Morgan fingerprint density at radius 3 is 2.30 bits per heavy atom. The number of likely N-dealkylation sites (N-methyl/N-ethyl adjacent to an activating group) is 1. The van der Waals surface area contributed by atoms with E-state index in [9.17, 15) is 9.18 Å². The molecule has 0 saturated carbocycles. The summed E-state index contributed by atoms with van der Waals surface area (Å²) in [6.07, 6.45) is 5.07. The van der Waals surface area contributed by atoms with Crippen molar-refractivity contribution in [3.8, 4) is 22.6 Å². The molecule has 0 amide bonds. The zero-order valence-electron chi connectivity index (χ0n) is 26.7. The third-order valence-corrected chi connectivity index (χ3v) is 7.19. The van der Waals surface area contributed by atoms with E-state index in [0.717, 1.165) is 44.6 Å². The number of hydrogen-bond acceptors (Lipinski definition) is 6. The van der Waals surface area contributed by atoms with Crippen molar-refractivity contribution in [2.75, 3.05) is 32.2 Å². The molecular weight excluding hydrogens is 549 g/mol. The maximum absolute atomic E-state index is 12.8. The number of hydrogen-bond donors (Lipinski definition) is 2. The van der Waals surface area contributed by atoms with E-state index < -0.39 is 11.4 Å². The van der Waals surface area contributed by atoms with Gasteiger partial charge in [-0.25, -0.2) is 4.39 Å². The van der Waals surface area contributed by atoms with Gasteiger partial charge in [0.2, 0.25) is 0 Å². The maximum atomic E-state index is 12.8. The molecule has 7 nitrogen and oxygen atoms in total. The standard InChI is InChI=1S/C22H27NO.C8H7FO2.C4H10O.CH2O2/c1-5-16-14(2)13-20-19(10-11-23(20)4)22(16)18-8-9-21-17(15(18)3)7-6-12-24-21;1-11-8-6(5-10)3-2-4-7(8)9;1-4(2,3)5;2-1-3/h8-9,13H,5-7,10-12H2,1-4H3;2-5H,1H3;5H,1-3H3;1H,(H,2,3). The van der Waals surface area contributed by atoms with Gasteiger partial charge < -0.3 is 24.6 Å². The molecule has 0 radical (unpaired) electrons. The number of halogens is 1. The normalized spacial score (nSPS) is 12.9. The topological polar surface area (TPSA) is 96.3 Å². The van der Waals surface area contributed by atoms with Crippen molar-refractivity contribution in [1.29, 1.82) is 0 Å².